The number of carbonyl (C=O) groups excluding carboxylic acids is 2. The third-order valence-corrected chi connectivity index (χ3v) is 7.26. The summed E-state index contributed by atoms with van der Waals surface area (Å²) in [7, 11) is 0. The number of nitrogens with zero attached hydrogens (tertiary/aromatic N) is 2. The molecule has 1 unspecified atom stereocenters. The average Bonchev–Trinajstić information content (AvgIpc) is 3.37. The fourth-order valence-corrected chi connectivity index (χ4v) is 5.43. The Balaban J connectivity index is 1.35. The molecular formula is C22H33N3O3S. The molecule has 2 saturated heterocycles. The molecule has 1 aliphatic carbocycles. The highest BCUT2D eigenvalue weighted by Crippen LogP contribution is 2.40. The molecule has 1 spiro atoms. The number of rotatable bonds is 5. The van der Waals surface area contributed by atoms with Crippen molar-refractivity contribution in [3.05, 3.63) is 22.4 Å². The van der Waals surface area contributed by atoms with E-state index in [0.717, 1.165) is 56.5 Å². The summed E-state index contributed by atoms with van der Waals surface area (Å²) in [6.45, 7) is 6.22. The minimum absolute atomic E-state index is 0.0770. The Morgan fingerprint density at radius 2 is 2.03 bits per heavy atom. The predicted octanol–water partition coefficient (Wildman–Crippen LogP) is 3.41. The van der Waals surface area contributed by atoms with E-state index in [-0.39, 0.29) is 29.6 Å². The van der Waals surface area contributed by atoms with Gasteiger partial charge in [-0.2, -0.15) is 0 Å². The van der Waals surface area contributed by atoms with Gasteiger partial charge in [-0.05, 0) is 63.8 Å². The van der Waals surface area contributed by atoms with E-state index in [2.05, 4.69) is 10.2 Å². The van der Waals surface area contributed by atoms with Crippen molar-refractivity contribution in [1.29, 1.82) is 0 Å². The summed E-state index contributed by atoms with van der Waals surface area (Å²) in [5, 5.41) is 5.11. The summed E-state index contributed by atoms with van der Waals surface area (Å²) < 4.78 is 6.29. The molecule has 3 fully saturated rings. The summed E-state index contributed by atoms with van der Waals surface area (Å²) in [5.41, 5.74) is -0.187. The Bertz CT molecular complexity index is 709. The van der Waals surface area contributed by atoms with Crippen LogP contribution in [0.4, 0.5) is 4.79 Å². The first-order valence-corrected chi connectivity index (χ1v) is 11.9. The van der Waals surface area contributed by atoms with Crippen molar-refractivity contribution in [3.63, 3.8) is 0 Å². The van der Waals surface area contributed by atoms with Crippen LogP contribution < -0.4 is 5.32 Å². The molecule has 3 aliphatic rings. The average molecular weight is 420 g/mol. The van der Waals surface area contributed by atoms with Gasteiger partial charge in [0.25, 0.3) is 0 Å². The van der Waals surface area contributed by atoms with Crippen LogP contribution in [0.3, 0.4) is 0 Å². The monoisotopic (exact) mass is 419 g/mol. The van der Waals surface area contributed by atoms with Crippen LogP contribution >= 0.6 is 11.3 Å². The van der Waals surface area contributed by atoms with Gasteiger partial charge < -0.3 is 19.9 Å². The van der Waals surface area contributed by atoms with Gasteiger partial charge in [0.1, 0.15) is 0 Å². The molecule has 1 aromatic rings. The van der Waals surface area contributed by atoms with E-state index in [1.807, 2.05) is 36.3 Å². The topological polar surface area (TPSA) is 61.9 Å². The molecule has 3 amide bonds. The number of thiophene rings is 1. The lowest BCUT2D eigenvalue weighted by molar-refractivity contribution is -0.147. The first-order valence-electron chi connectivity index (χ1n) is 11.0. The zero-order valence-corrected chi connectivity index (χ0v) is 18.4. The third kappa shape index (κ3) is 4.94. The van der Waals surface area contributed by atoms with Crippen molar-refractivity contribution in [2.45, 2.75) is 82.5 Å². The van der Waals surface area contributed by atoms with Crippen molar-refractivity contribution in [2.75, 3.05) is 19.7 Å². The van der Waals surface area contributed by atoms with E-state index in [1.165, 1.54) is 0 Å². The van der Waals surface area contributed by atoms with Crippen LogP contribution in [0.15, 0.2) is 17.5 Å². The molecule has 160 valence electrons. The molecule has 6 nitrogen and oxygen atoms in total. The second-order valence-electron chi connectivity index (χ2n) is 9.06. The molecule has 0 radical (unpaired) electrons. The van der Waals surface area contributed by atoms with Crippen LogP contribution in [0.25, 0.3) is 0 Å². The normalized spacial score (nSPS) is 24.0. The highest BCUT2D eigenvalue weighted by atomic mass is 32.1. The summed E-state index contributed by atoms with van der Waals surface area (Å²) in [5.74, 6) is 0.213. The van der Waals surface area contributed by atoms with E-state index >= 15 is 0 Å². The number of amides is 3. The Kier molecular flexibility index (Phi) is 6.16. The lowest BCUT2D eigenvalue weighted by atomic mass is 9.81. The Hall–Kier alpha value is -1.60. The molecular weight excluding hydrogens is 386 g/mol. The van der Waals surface area contributed by atoms with E-state index in [1.54, 1.807) is 11.3 Å². The van der Waals surface area contributed by atoms with Crippen molar-refractivity contribution >= 4 is 23.3 Å². The van der Waals surface area contributed by atoms with Crippen molar-refractivity contribution in [2.24, 2.45) is 0 Å². The maximum atomic E-state index is 12.8. The predicted molar refractivity (Wildman–Crippen MR) is 114 cm³/mol. The fraction of sp³-hybridized carbons (Fsp3) is 0.727. The van der Waals surface area contributed by atoms with Gasteiger partial charge in [0.2, 0.25) is 5.91 Å². The molecule has 1 aromatic heterocycles. The Morgan fingerprint density at radius 1 is 1.28 bits per heavy atom. The molecule has 4 rings (SSSR count). The quantitative estimate of drug-likeness (QED) is 0.796. The highest BCUT2D eigenvalue weighted by molar-refractivity contribution is 7.10. The number of hydrogen-bond donors (Lipinski definition) is 1. The molecule has 1 N–H and O–H groups in total. The summed E-state index contributed by atoms with van der Waals surface area (Å²) in [6, 6.07) is 4.88. The van der Waals surface area contributed by atoms with Gasteiger partial charge >= 0.3 is 6.03 Å². The molecule has 1 saturated carbocycles. The smallest absolute Gasteiger partial charge is 0.318 e. The van der Waals surface area contributed by atoms with Gasteiger partial charge in [-0.25, -0.2) is 4.79 Å². The van der Waals surface area contributed by atoms with Crippen LogP contribution in [0, 0.1) is 0 Å². The highest BCUT2D eigenvalue weighted by Gasteiger charge is 2.46. The minimum Gasteiger partial charge on any atom is -0.375 e. The van der Waals surface area contributed by atoms with E-state index < -0.39 is 0 Å². The lowest BCUT2D eigenvalue weighted by Crippen LogP contribution is -2.57. The number of ether oxygens (including phenoxy) is 1. The lowest BCUT2D eigenvalue weighted by Gasteiger charge is -2.48. The van der Waals surface area contributed by atoms with Crippen LogP contribution in [0.2, 0.25) is 0 Å². The molecule has 7 heteroatoms. The largest absolute Gasteiger partial charge is 0.375 e. The van der Waals surface area contributed by atoms with Gasteiger partial charge in [0, 0.05) is 42.7 Å². The summed E-state index contributed by atoms with van der Waals surface area (Å²) in [6.07, 6.45) is 6.25. The number of piperidine rings is 1. The Morgan fingerprint density at radius 3 is 2.66 bits per heavy atom. The number of hydrogen-bond acceptors (Lipinski definition) is 4. The first kappa shape index (κ1) is 20.7. The SMILES string of the molecule is CC(C)NC(=O)N(C1CC1)C1CCOC2(CCN(C(=O)Cc3cccs3)CC2)C1. The summed E-state index contributed by atoms with van der Waals surface area (Å²) >= 11 is 1.64. The van der Waals surface area contributed by atoms with Gasteiger partial charge in [-0.15, -0.1) is 11.3 Å². The minimum atomic E-state index is -0.187. The van der Waals surface area contributed by atoms with Gasteiger partial charge in [0.05, 0.1) is 12.0 Å². The molecule has 0 bridgehead atoms. The fourth-order valence-electron chi connectivity index (χ4n) is 4.73. The molecule has 2 aliphatic heterocycles. The molecule has 0 aromatic carbocycles. The van der Waals surface area contributed by atoms with Gasteiger partial charge in [-0.1, -0.05) is 6.07 Å². The van der Waals surface area contributed by atoms with Gasteiger partial charge in [0.15, 0.2) is 0 Å². The first-order chi connectivity index (χ1) is 14.0. The van der Waals surface area contributed by atoms with Crippen molar-refractivity contribution in [1.82, 2.24) is 15.1 Å². The van der Waals surface area contributed by atoms with Crippen molar-refractivity contribution in [3.8, 4) is 0 Å². The number of carbonyl (C=O) groups is 2. The van der Waals surface area contributed by atoms with E-state index in [4.69, 9.17) is 4.74 Å². The second kappa shape index (κ2) is 8.64. The third-order valence-electron chi connectivity index (χ3n) is 6.38. The van der Waals surface area contributed by atoms with Crippen LogP contribution in [-0.4, -0.2) is 65.2 Å². The zero-order valence-electron chi connectivity index (χ0n) is 17.6. The molecule has 1 atom stereocenters. The van der Waals surface area contributed by atoms with E-state index in [9.17, 15) is 9.59 Å². The summed E-state index contributed by atoms with van der Waals surface area (Å²) in [4.78, 5) is 30.7. The van der Waals surface area contributed by atoms with Gasteiger partial charge in [-0.3, -0.25) is 4.79 Å². The van der Waals surface area contributed by atoms with Crippen LogP contribution in [0.1, 0.15) is 57.2 Å². The number of nitrogens with one attached hydrogen (secondary N) is 1. The van der Waals surface area contributed by atoms with Crippen LogP contribution in [-0.2, 0) is 16.0 Å². The maximum Gasteiger partial charge on any atom is 0.318 e. The second-order valence-corrected chi connectivity index (χ2v) is 10.1. The molecule has 29 heavy (non-hydrogen) atoms. The zero-order chi connectivity index (χ0) is 20.4. The molecule has 3 heterocycles. The number of likely N-dealkylation sites (tertiary alicyclic amines) is 1. The van der Waals surface area contributed by atoms with Crippen LogP contribution in [0.5, 0.6) is 0 Å². The Labute approximate surface area is 177 Å². The standard InChI is InChI=1S/C22H33N3O3S/c1-16(2)23-21(27)25(17-5-6-17)18-7-12-28-22(15-18)8-10-24(11-9-22)20(26)14-19-4-3-13-29-19/h3-4,13,16-18H,5-12,14-15H2,1-2H3,(H,23,27). The number of urea groups is 1. The maximum absolute atomic E-state index is 12.8. The van der Waals surface area contributed by atoms with E-state index in [0.29, 0.717) is 19.1 Å². The van der Waals surface area contributed by atoms with Crippen molar-refractivity contribution < 1.29 is 14.3 Å².